The molecule has 0 bridgehead atoms. The fourth-order valence-electron chi connectivity index (χ4n) is 1.16. The lowest BCUT2D eigenvalue weighted by molar-refractivity contribution is 0.0933. The van der Waals surface area contributed by atoms with Crippen LogP contribution in [0.4, 0.5) is 0 Å². The van der Waals surface area contributed by atoms with Crippen molar-refractivity contribution in [3.05, 3.63) is 11.6 Å². The fraction of sp³-hybridized carbons (Fsp3) is 0.300. The molecule has 0 unspecified atom stereocenters. The molecule has 0 aromatic heterocycles. The molecule has 0 saturated carbocycles. The Morgan fingerprint density at radius 2 is 1.60 bits per heavy atom. The summed E-state index contributed by atoms with van der Waals surface area (Å²) in [5, 5.41) is 37.0. The predicted molar refractivity (Wildman–Crippen MR) is 52.3 cm³/mol. The van der Waals surface area contributed by atoms with E-state index in [0.717, 1.165) is 6.07 Å². The number of rotatable bonds is 2. The first-order valence-corrected chi connectivity index (χ1v) is 4.37. The molecule has 4 N–H and O–H groups in total. The molecular formula is C10H12O5. The number of hydrogen-bond donors (Lipinski definition) is 4. The van der Waals surface area contributed by atoms with Crippen molar-refractivity contribution in [1.82, 2.24) is 0 Å². The van der Waals surface area contributed by atoms with Gasteiger partial charge < -0.3 is 20.4 Å². The van der Waals surface area contributed by atoms with E-state index in [1.54, 1.807) is 13.8 Å². The Labute approximate surface area is 86.2 Å². The van der Waals surface area contributed by atoms with Gasteiger partial charge in [-0.25, -0.2) is 0 Å². The van der Waals surface area contributed by atoms with Gasteiger partial charge in [-0.3, -0.25) is 4.79 Å². The molecule has 0 spiro atoms. The molecule has 0 saturated heterocycles. The number of phenols is 4. The topological polar surface area (TPSA) is 98.0 Å². The zero-order valence-electron chi connectivity index (χ0n) is 8.35. The molecule has 15 heavy (non-hydrogen) atoms. The number of hydrogen-bond acceptors (Lipinski definition) is 5. The maximum absolute atomic E-state index is 11.5. The Kier molecular flexibility index (Phi) is 2.74. The highest BCUT2D eigenvalue weighted by Gasteiger charge is 2.24. The minimum absolute atomic E-state index is 0.375. The van der Waals surface area contributed by atoms with Crippen LogP contribution in [0.3, 0.4) is 0 Å². The van der Waals surface area contributed by atoms with E-state index in [2.05, 4.69) is 0 Å². The van der Waals surface area contributed by atoms with Crippen molar-refractivity contribution >= 4 is 5.78 Å². The normalized spacial score (nSPS) is 10.6. The van der Waals surface area contributed by atoms with Gasteiger partial charge in [-0.2, -0.15) is 0 Å². The second-order valence-electron chi connectivity index (χ2n) is 3.51. The van der Waals surface area contributed by atoms with E-state index >= 15 is 0 Å². The predicted octanol–water partition coefficient (Wildman–Crippen LogP) is 1.35. The van der Waals surface area contributed by atoms with Crippen LogP contribution in [0.25, 0.3) is 0 Å². The lowest BCUT2D eigenvalue weighted by Gasteiger charge is -2.10. The summed E-state index contributed by atoms with van der Waals surface area (Å²) in [6.07, 6.45) is 0. The largest absolute Gasteiger partial charge is 0.507 e. The number of carbonyl (C=O) groups excluding carboxylic acids is 1. The zero-order chi connectivity index (χ0) is 11.7. The van der Waals surface area contributed by atoms with Crippen LogP contribution >= 0.6 is 0 Å². The maximum atomic E-state index is 11.5. The Hall–Kier alpha value is -1.91. The highest BCUT2D eigenvalue weighted by molar-refractivity contribution is 6.03. The lowest BCUT2D eigenvalue weighted by Crippen LogP contribution is -2.08. The SMILES string of the molecule is CC(C)C(=O)c1c(O)cc(O)c(O)c1O. The van der Waals surface area contributed by atoms with Crippen LogP contribution < -0.4 is 0 Å². The average Bonchev–Trinajstić information content (AvgIpc) is 2.14. The van der Waals surface area contributed by atoms with Gasteiger partial charge in [0, 0.05) is 12.0 Å². The molecule has 1 rings (SSSR count). The van der Waals surface area contributed by atoms with Gasteiger partial charge in [0.05, 0.1) is 0 Å². The highest BCUT2D eigenvalue weighted by atomic mass is 16.3. The minimum Gasteiger partial charge on any atom is -0.507 e. The quantitative estimate of drug-likeness (QED) is 0.337. The van der Waals surface area contributed by atoms with Crippen LogP contribution in [0, 0.1) is 5.92 Å². The van der Waals surface area contributed by atoms with Crippen LogP contribution in [0.15, 0.2) is 6.07 Å². The maximum Gasteiger partial charge on any atom is 0.201 e. The van der Waals surface area contributed by atoms with Crippen molar-refractivity contribution in [3.8, 4) is 23.0 Å². The molecule has 0 aliphatic rings. The van der Waals surface area contributed by atoms with E-state index < -0.39 is 34.7 Å². The average molecular weight is 212 g/mol. The molecule has 0 radical (unpaired) electrons. The van der Waals surface area contributed by atoms with Gasteiger partial charge in [0.15, 0.2) is 17.3 Å². The second-order valence-corrected chi connectivity index (χ2v) is 3.51. The van der Waals surface area contributed by atoms with E-state index in [9.17, 15) is 20.1 Å². The van der Waals surface area contributed by atoms with Crippen molar-refractivity contribution in [2.24, 2.45) is 5.92 Å². The summed E-state index contributed by atoms with van der Waals surface area (Å²) in [5.41, 5.74) is -0.375. The Morgan fingerprint density at radius 1 is 1.07 bits per heavy atom. The third-order valence-electron chi connectivity index (χ3n) is 2.00. The van der Waals surface area contributed by atoms with Gasteiger partial charge in [0.1, 0.15) is 11.3 Å². The molecular weight excluding hydrogens is 200 g/mol. The third-order valence-corrected chi connectivity index (χ3v) is 2.00. The molecule has 1 aromatic rings. The summed E-state index contributed by atoms with van der Waals surface area (Å²) in [6, 6.07) is 0.810. The first-order valence-electron chi connectivity index (χ1n) is 4.37. The fourth-order valence-corrected chi connectivity index (χ4v) is 1.16. The van der Waals surface area contributed by atoms with Gasteiger partial charge in [-0.15, -0.1) is 0 Å². The smallest absolute Gasteiger partial charge is 0.201 e. The number of benzene rings is 1. The Bertz CT molecular complexity index is 409. The molecule has 82 valence electrons. The Balaban J connectivity index is 3.43. The van der Waals surface area contributed by atoms with Crippen molar-refractivity contribution in [2.45, 2.75) is 13.8 Å². The molecule has 5 nitrogen and oxygen atoms in total. The van der Waals surface area contributed by atoms with Crippen LogP contribution in [-0.4, -0.2) is 26.2 Å². The summed E-state index contributed by atoms with van der Waals surface area (Å²) < 4.78 is 0. The summed E-state index contributed by atoms with van der Waals surface area (Å²) in [5.74, 6) is -3.79. The molecule has 0 aliphatic carbocycles. The highest BCUT2D eigenvalue weighted by Crippen LogP contribution is 2.43. The van der Waals surface area contributed by atoms with Crippen molar-refractivity contribution < 1.29 is 25.2 Å². The van der Waals surface area contributed by atoms with Crippen LogP contribution in [0.5, 0.6) is 23.0 Å². The van der Waals surface area contributed by atoms with E-state index in [1.807, 2.05) is 0 Å². The second kappa shape index (κ2) is 3.68. The number of Topliss-reactive ketones (excluding diaryl/α,β-unsaturated/α-hetero) is 1. The first-order chi connectivity index (χ1) is 6.86. The summed E-state index contributed by atoms with van der Waals surface area (Å²) in [4.78, 5) is 11.5. The molecule has 5 heteroatoms. The monoisotopic (exact) mass is 212 g/mol. The van der Waals surface area contributed by atoms with Crippen LogP contribution in [0.2, 0.25) is 0 Å². The van der Waals surface area contributed by atoms with E-state index in [-0.39, 0.29) is 5.56 Å². The first kappa shape index (κ1) is 11.2. The molecule has 0 atom stereocenters. The standard InChI is InChI=1S/C10H12O5/c1-4(2)8(13)7-5(11)3-6(12)9(14)10(7)15/h3-4,11-12,14-15H,1-2H3. The molecule has 0 aliphatic heterocycles. The summed E-state index contributed by atoms with van der Waals surface area (Å²) in [6.45, 7) is 3.18. The van der Waals surface area contributed by atoms with Gasteiger partial charge in [-0.1, -0.05) is 13.8 Å². The number of ketones is 1. The van der Waals surface area contributed by atoms with E-state index in [4.69, 9.17) is 5.11 Å². The number of carbonyl (C=O) groups is 1. The third kappa shape index (κ3) is 1.81. The molecule has 0 heterocycles. The number of phenolic OH excluding ortho intramolecular Hbond substituents is 4. The van der Waals surface area contributed by atoms with Gasteiger partial charge in [0.25, 0.3) is 0 Å². The summed E-state index contributed by atoms with van der Waals surface area (Å²) in [7, 11) is 0. The van der Waals surface area contributed by atoms with Gasteiger partial charge >= 0.3 is 0 Å². The minimum atomic E-state index is -0.809. The molecule has 1 aromatic carbocycles. The van der Waals surface area contributed by atoms with Crippen molar-refractivity contribution in [2.75, 3.05) is 0 Å². The van der Waals surface area contributed by atoms with Gasteiger partial charge in [0.2, 0.25) is 5.75 Å². The van der Waals surface area contributed by atoms with Crippen LogP contribution in [0.1, 0.15) is 24.2 Å². The van der Waals surface area contributed by atoms with E-state index in [0.29, 0.717) is 0 Å². The number of aromatic hydroxyl groups is 4. The van der Waals surface area contributed by atoms with Crippen molar-refractivity contribution in [1.29, 1.82) is 0 Å². The Morgan fingerprint density at radius 3 is 2.07 bits per heavy atom. The van der Waals surface area contributed by atoms with Crippen molar-refractivity contribution in [3.63, 3.8) is 0 Å². The summed E-state index contributed by atoms with van der Waals surface area (Å²) >= 11 is 0. The molecule has 0 amide bonds. The van der Waals surface area contributed by atoms with Gasteiger partial charge in [-0.05, 0) is 0 Å². The lowest BCUT2D eigenvalue weighted by atomic mass is 9.98. The zero-order valence-corrected chi connectivity index (χ0v) is 8.35. The molecule has 0 fully saturated rings. The van der Waals surface area contributed by atoms with Crippen LogP contribution in [-0.2, 0) is 0 Å². The van der Waals surface area contributed by atoms with E-state index in [1.165, 1.54) is 0 Å².